The summed E-state index contributed by atoms with van der Waals surface area (Å²) in [5.41, 5.74) is 10.7. The van der Waals surface area contributed by atoms with Gasteiger partial charge in [0.2, 0.25) is 0 Å². The number of benzene rings is 1. The zero-order chi connectivity index (χ0) is 14.7. The first-order chi connectivity index (χ1) is 9.60. The lowest BCUT2D eigenvalue weighted by atomic mass is 10.0. The molecule has 0 saturated heterocycles. The van der Waals surface area contributed by atoms with E-state index in [9.17, 15) is 0 Å². The minimum atomic E-state index is 0.659. The molecule has 2 aromatic rings. The van der Waals surface area contributed by atoms with Crippen molar-refractivity contribution in [2.45, 2.75) is 34.1 Å². The average molecular weight is 271 g/mol. The van der Waals surface area contributed by atoms with Gasteiger partial charge in [0.05, 0.1) is 5.52 Å². The van der Waals surface area contributed by atoms with Gasteiger partial charge in [0, 0.05) is 18.5 Å². The van der Waals surface area contributed by atoms with Gasteiger partial charge in [0.15, 0.2) is 0 Å². The quantitative estimate of drug-likeness (QED) is 0.908. The first-order valence-corrected chi connectivity index (χ1v) is 7.46. The van der Waals surface area contributed by atoms with Gasteiger partial charge < -0.3 is 10.6 Å². The summed E-state index contributed by atoms with van der Waals surface area (Å²) in [7, 11) is 0. The highest BCUT2D eigenvalue weighted by Gasteiger charge is 2.13. The summed E-state index contributed by atoms with van der Waals surface area (Å²) < 4.78 is 0. The van der Waals surface area contributed by atoms with Crippen molar-refractivity contribution in [3.63, 3.8) is 0 Å². The van der Waals surface area contributed by atoms with Crippen LogP contribution < -0.4 is 10.6 Å². The third-order valence-electron chi connectivity index (χ3n) is 3.79. The summed E-state index contributed by atoms with van der Waals surface area (Å²) in [6, 6.07) is 6.67. The zero-order valence-corrected chi connectivity index (χ0v) is 13.0. The van der Waals surface area contributed by atoms with Crippen LogP contribution in [0.5, 0.6) is 0 Å². The van der Waals surface area contributed by atoms with Gasteiger partial charge in [-0.1, -0.05) is 11.6 Å². The Morgan fingerprint density at radius 2 is 1.80 bits per heavy atom. The molecular weight excluding hydrogens is 246 g/mol. The zero-order valence-electron chi connectivity index (χ0n) is 13.0. The summed E-state index contributed by atoms with van der Waals surface area (Å²) in [6.45, 7) is 11.2. The van der Waals surface area contributed by atoms with Crippen LogP contribution in [0.4, 0.5) is 5.82 Å². The predicted octanol–water partition coefficient (Wildman–Crippen LogP) is 3.20. The number of rotatable bonds is 5. The number of fused-ring (bicyclic) bond motifs is 1. The number of aryl methyl sites for hydroxylation is 2. The normalized spacial score (nSPS) is 11.1. The third kappa shape index (κ3) is 2.78. The number of nitrogens with zero attached hydrogens (tertiary/aromatic N) is 2. The lowest BCUT2D eigenvalue weighted by Crippen LogP contribution is -2.25. The fraction of sp³-hybridized carbons (Fsp3) is 0.471. The second-order valence-corrected chi connectivity index (χ2v) is 5.34. The van der Waals surface area contributed by atoms with Crippen LogP contribution >= 0.6 is 0 Å². The van der Waals surface area contributed by atoms with E-state index < -0.39 is 0 Å². The van der Waals surface area contributed by atoms with E-state index in [1.807, 2.05) is 0 Å². The molecule has 0 aliphatic rings. The van der Waals surface area contributed by atoms with Gasteiger partial charge in [-0.05, 0) is 63.9 Å². The summed E-state index contributed by atoms with van der Waals surface area (Å²) in [6.07, 6.45) is 0.877. The lowest BCUT2D eigenvalue weighted by molar-refractivity contribution is 0.831. The fourth-order valence-electron chi connectivity index (χ4n) is 2.82. The van der Waals surface area contributed by atoms with Gasteiger partial charge in [-0.3, -0.25) is 0 Å². The first kappa shape index (κ1) is 14.8. The predicted molar refractivity (Wildman–Crippen MR) is 87.5 cm³/mol. The molecule has 0 radical (unpaired) electrons. The molecule has 1 aromatic heterocycles. The minimum Gasteiger partial charge on any atom is -0.357 e. The molecule has 0 unspecified atom stereocenters. The monoisotopic (exact) mass is 271 g/mol. The molecule has 108 valence electrons. The molecule has 20 heavy (non-hydrogen) atoms. The summed E-state index contributed by atoms with van der Waals surface area (Å²) in [5.74, 6) is 1.10. The molecule has 2 rings (SSSR count). The first-order valence-electron chi connectivity index (χ1n) is 7.46. The Kier molecular flexibility index (Phi) is 4.61. The molecule has 0 fully saturated rings. The van der Waals surface area contributed by atoms with Crippen molar-refractivity contribution in [3.05, 3.63) is 34.9 Å². The number of hydrogen-bond acceptors (Lipinski definition) is 3. The maximum absolute atomic E-state index is 5.77. The van der Waals surface area contributed by atoms with Crippen molar-refractivity contribution >= 4 is 16.7 Å². The van der Waals surface area contributed by atoms with Crippen LogP contribution in [0.25, 0.3) is 10.9 Å². The van der Waals surface area contributed by atoms with E-state index >= 15 is 0 Å². The fourth-order valence-corrected chi connectivity index (χ4v) is 2.82. The number of hydrogen-bond donors (Lipinski definition) is 1. The van der Waals surface area contributed by atoms with Gasteiger partial charge in [-0.25, -0.2) is 4.98 Å². The second kappa shape index (κ2) is 6.23. The highest BCUT2D eigenvalue weighted by atomic mass is 15.2. The van der Waals surface area contributed by atoms with E-state index in [1.165, 1.54) is 22.1 Å². The van der Waals surface area contributed by atoms with E-state index in [-0.39, 0.29) is 0 Å². The largest absolute Gasteiger partial charge is 0.357 e. The molecule has 3 heteroatoms. The van der Waals surface area contributed by atoms with E-state index in [0.29, 0.717) is 6.54 Å². The van der Waals surface area contributed by atoms with Gasteiger partial charge in [-0.15, -0.1) is 0 Å². The van der Waals surface area contributed by atoms with Gasteiger partial charge in [-0.2, -0.15) is 0 Å². The Balaban J connectivity index is 2.68. The summed E-state index contributed by atoms with van der Waals surface area (Å²) in [5, 5.41) is 1.22. The maximum atomic E-state index is 5.77. The van der Waals surface area contributed by atoms with Crippen molar-refractivity contribution in [1.29, 1.82) is 0 Å². The van der Waals surface area contributed by atoms with Crippen molar-refractivity contribution in [3.8, 4) is 0 Å². The molecule has 0 aliphatic carbocycles. The van der Waals surface area contributed by atoms with E-state index in [1.54, 1.807) is 0 Å². The molecule has 2 N–H and O–H groups in total. The molecule has 0 atom stereocenters. The Bertz CT molecular complexity index is 601. The third-order valence-corrected chi connectivity index (χ3v) is 3.79. The molecule has 1 heterocycles. The molecule has 3 nitrogen and oxygen atoms in total. The minimum absolute atomic E-state index is 0.659. The van der Waals surface area contributed by atoms with Gasteiger partial charge in [0.1, 0.15) is 5.82 Å². The number of aromatic nitrogens is 1. The van der Waals surface area contributed by atoms with E-state index in [4.69, 9.17) is 10.7 Å². The van der Waals surface area contributed by atoms with Crippen LogP contribution in [0.2, 0.25) is 0 Å². The van der Waals surface area contributed by atoms with Crippen LogP contribution in [0.1, 0.15) is 30.5 Å². The summed E-state index contributed by atoms with van der Waals surface area (Å²) in [4.78, 5) is 7.26. The Morgan fingerprint density at radius 3 is 2.40 bits per heavy atom. The van der Waals surface area contributed by atoms with Crippen LogP contribution in [0, 0.1) is 13.8 Å². The molecular formula is C17H25N3. The second-order valence-electron chi connectivity index (χ2n) is 5.34. The average Bonchev–Trinajstić information content (AvgIpc) is 2.41. The van der Waals surface area contributed by atoms with Gasteiger partial charge >= 0.3 is 0 Å². The van der Waals surface area contributed by atoms with Crippen molar-refractivity contribution in [2.24, 2.45) is 5.73 Å². The highest BCUT2D eigenvalue weighted by molar-refractivity contribution is 5.85. The maximum Gasteiger partial charge on any atom is 0.132 e. The SMILES string of the molecule is CCN(CC)c1nc2c(C)cc(C)cc2cc1CCN. The highest BCUT2D eigenvalue weighted by Crippen LogP contribution is 2.26. The Hall–Kier alpha value is -1.61. The van der Waals surface area contributed by atoms with Crippen molar-refractivity contribution in [1.82, 2.24) is 4.98 Å². The van der Waals surface area contributed by atoms with Crippen molar-refractivity contribution in [2.75, 3.05) is 24.5 Å². The number of pyridine rings is 1. The Labute approximate surface area is 121 Å². The van der Waals surface area contributed by atoms with Crippen LogP contribution in [0.3, 0.4) is 0 Å². The lowest BCUT2D eigenvalue weighted by Gasteiger charge is -2.24. The van der Waals surface area contributed by atoms with Crippen LogP contribution in [-0.2, 0) is 6.42 Å². The van der Waals surface area contributed by atoms with Crippen molar-refractivity contribution < 1.29 is 0 Å². The standard InChI is InChI=1S/C17H25N3/c1-5-20(6-2)17-14(7-8-18)11-15-10-12(3)9-13(4)16(15)19-17/h9-11H,5-8,18H2,1-4H3. The molecule has 1 aromatic carbocycles. The molecule has 0 spiro atoms. The topological polar surface area (TPSA) is 42.2 Å². The number of nitrogens with two attached hydrogens (primary N) is 1. The molecule has 0 saturated carbocycles. The summed E-state index contributed by atoms with van der Waals surface area (Å²) >= 11 is 0. The van der Waals surface area contributed by atoms with Crippen LogP contribution in [0.15, 0.2) is 18.2 Å². The van der Waals surface area contributed by atoms with Crippen LogP contribution in [-0.4, -0.2) is 24.6 Å². The smallest absolute Gasteiger partial charge is 0.132 e. The van der Waals surface area contributed by atoms with E-state index in [0.717, 1.165) is 30.8 Å². The van der Waals surface area contributed by atoms with Gasteiger partial charge in [0.25, 0.3) is 0 Å². The molecule has 0 amide bonds. The number of anilines is 1. The molecule has 0 bridgehead atoms. The van der Waals surface area contributed by atoms with E-state index in [2.05, 4.69) is 50.8 Å². The molecule has 0 aliphatic heterocycles. The Morgan fingerprint density at radius 1 is 1.10 bits per heavy atom.